The highest BCUT2D eigenvalue weighted by atomic mass is 32.1. The Morgan fingerprint density at radius 3 is 2.69 bits per heavy atom. The van der Waals surface area contributed by atoms with Gasteiger partial charge >= 0.3 is 0 Å². The van der Waals surface area contributed by atoms with Crippen molar-refractivity contribution in [3.05, 3.63) is 57.8 Å². The molecule has 1 aliphatic carbocycles. The van der Waals surface area contributed by atoms with Crippen LogP contribution >= 0.6 is 11.3 Å². The minimum absolute atomic E-state index is 0.0309. The Morgan fingerprint density at radius 1 is 1.23 bits per heavy atom. The zero-order valence-electron chi connectivity index (χ0n) is 15.5. The fraction of sp³-hybridized carbons (Fsp3) is 0.429. The minimum atomic E-state index is -0.275. The molecule has 4 nitrogen and oxygen atoms in total. The molecule has 138 valence electrons. The van der Waals surface area contributed by atoms with Gasteiger partial charge in [0.15, 0.2) is 0 Å². The van der Waals surface area contributed by atoms with E-state index in [0.717, 1.165) is 17.7 Å². The molecule has 26 heavy (non-hydrogen) atoms. The van der Waals surface area contributed by atoms with Crippen LogP contribution in [0.1, 0.15) is 68.1 Å². The molecule has 2 unspecified atom stereocenters. The zero-order chi connectivity index (χ0) is 18.7. The summed E-state index contributed by atoms with van der Waals surface area (Å²) in [6, 6.07) is 12.0. The first-order valence-electron chi connectivity index (χ1n) is 9.06. The number of thiophene rings is 1. The number of amides is 2. The second kappa shape index (κ2) is 7.62. The van der Waals surface area contributed by atoms with Gasteiger partial charge < -0.3 is 10.6 Å². The van der Waals surface area contributed by atoms with Crippen LogP contribution in [0.5, 0.6) is 0 Å². The van der Waals surface area contributed by atoms with Crippen molar-refractivity contribution < 1.29 is 9.59 Å². The van der Waals surface area contributed by atoms with Gasteiger partial charge in [0.2, 0.25) is 11.8 Å². The third kappa shape index (κ3) is 4.15. The first-order valence-corrected chi connectivity index (χ1v) is 9.94. The standard InChI is InChI=1S/C21H26N2O2S/c1-14(24)22-18(19-9-6-12-26-19)13-20(25)23-17-10-11-21(2,3)16-8-5-4-7-15(16)17/h4-9,12,17-18H,10-11,13H2,1-3H3,(H,22,24)(H,23,25). The lowest BCUT2D eigenvalue weighted by Gasteiger charge is -2.37. The van der Waals surface area contributed by atoms with E-state index < -0.39 is 0 Å². The van der Waals surface area contributed by atoms with Crippen LogP contribution in [0.15, 0.2) is 41.8 Å². The van der Waals surface area contributed by atoms with Crippen molar-refractivity contribution in [2.75, 3.05) is 0 Å². The topological polar surface area (TPSA) is 58.2 Å². The normalized spacial score (nSPS) is 19.3. The number of benzene rings is 1. The summed E-state index contributed by atoms with van der Waals surface area (Å²) in [7, 11) is 0. The Bertz CT molecular complexity index is 783. The van der Waals surface area contributed by atoms with Crippen molar-refractivity contribution in [1.29, 1.82) is 0 Å². The molecule has 1 aliphatic rings. The highest BCUT2D eigenvalue weighted by molar-refractivity contribution is 7.10. The molecule has 0 fully saturated rings. The van der Waals surface area contributed by atoms with E-state index in [-0.39, 0.29) is 35.7 Å². The summed E-state index contributed by atoms with van der Waals surface area (Å²) < 4.78 is 0. The number of hydrogen-bond donors (Lipinski definition) is 2. The lowest BCUT2D eigenvalue weighted by molar-refractivity contribution is -0.123. The molecule has 5 heteroatoms. The smallest absolute Gasteiger partial charge is 0.222 e. The molecule has 0 saturated heterocycles. The third-order valence-corrected chi connectivity index (χ3v) is 6.10. The largest absolute Gasteiger partial charge is 0.349 e. The monoisotopic (exact) mass is 370 g/mol. The van der Waals surface area contributed by atoms with Crippen LogP contribution in [0, 0.1) is 0 Å². The van der Waals surface area contributed by atoms with Gasteiger partial charge in [0.05, 0.1) is 18.5 Å². The molecular formula is C21H26N2O2S. The maximum absolute atomic E-state index is 12.7. The van der Waals surface area contributed by atoms with E-state index in [1.54, 1.807) is 11.3 Å². The Kier molecular flexibility index (Phi) is 5.47. The van der Waals surface area contributed by atoms with Crippen molar-refractivity contribution >= 4 is 23.2 Å². The van der Waals surface area contributed by atoms with Crippen molar-refractivity contribution in [2.45, 2.75) is 57.5 Å². The van der Waals surface area contributed by atoms with E-state index in [0.29, 0.717) is 0 Å². The lowest BCUT2D eigenvalue weighted by atomic mass is 9.71. The van der Waals surface area contributed by atoms with E-state index in [1.165, 1.54) is 18.1 Å². The van der Waals surface area contributed by atoms with Gasteiger partial charge in [-0.05, 0) is 40.8 Å². The molecule has 2 N–H and O–H groups in total. The van der Waals surface area contributed by atoms with E-state index in [1.807, 2.05) is 23.6 Å². The summed E-state index contributed by atoms with van der Waals surface area (Å²) in [5, 5.41) is 8.05. The summed E-state index contributed by atoms with van der Waals surface area (Å²) in [4.78, 5) is 25.2. The maximum atomic E-state index is 12.7. The Balaban J connectivity index is 1.72. The van der Waals surface area contributed by atoms with Crippen LogP contribution in [0.4, 0.5) is 0 Å². The minimum Gasteiger partial charge on any atom is -0.349 e. The van der Waals surface area contributed by atoms with E-state index in [9.17, 15) is 9.59 Å². The Morgan fingerprint density at radius 2 is 2.00 bits per heavy atom. The van der Waals surface area contributed by atoms with Crippen LogP contribution in [0.2, 0.25) is 0 Å². The summed E-state index contributed by atoms with van der Waals surface area (Å²) >= 11 is 1.55. The molecule has 1 aromatic heterocycles. The van der Waals surface area contributed by atoms with Crippen LogP contribution in [0.3, 0.4) is 0 Å². The number of carbonyl (C=O) groups is 2. The number of nitrogens with one attached hydrogen (secondary N) is 2. The third-order valence-electron chi connectivity index (χ3n) is 5.11. The number of carbonyl (C=O) groups excluding carboxylic acids is 2. The van der Waals surface area contributed by atoms with Crippen molar-refractivity contribution in [3.63, 3.8) is 0 Å². The number of fused-ring (bicyclic) bond motifs is 1. The summed E-state index contributed by atoms with van der Waals surface area (Å²) in [6.45, 7) is 6.00. The average molecular weight is 371 g/mol. The van der Waals surface area contributed by atoms with Gasteiger partial charge in [0.1, 0.15) is 0 Å². The average Bonchev–Trinajstić information content (AvgIpc) is 3.11. The maximum Gasteiger partial charge on any atom is 0.222 e. The van der Waals surface area contributed by atoms with Crippen molar-refractivity contribution in [2.24, 2.45) is 0 Å². The predicted molar refractivity (Wildman–Crippen MR) is 105 cm³/mol. The highest BCUT2D eigenvalue weighted by Gasteiger charge is 2.33. The quantitative estimate of drug-likeness (QED) is 0.827. The molecule has 1 aromatic carbocycles. The molecule has 2 amide bonds. The Labute approximate surface area is 159 Å². The molecule has 0 saturated carbocycles. The van der Waals surface area contributed by atoms with E-state index in [2.05, 4.69) is 42.7 Å². The SMILES string of the molecule is CC(=O)NC(CC(=O)NC1CCC(C)(C)c2ccccc21)c1cccs1. The first kappa shape index (κ1) is 18.6. The number of hydrogen-bond acceptors (Lipinski definition) is 3. The van der Waals surface area contributed by atoms with Crippen LogP contribution in [-0.2, 0) is 15.0 Å². The lowest BCUT2D eigenvalue weighted by Crippen LogP contribution is -2.37. The van der Waals surface area contributed by atoms with Gasteiger partial charge in [-0.25, -0.2) is 0 Å². The van der Waals surface area contributed by atoms with E-state index in [4.69, 9.17) is 0 Å². The van der Waals surface area contributed by atoms with Crippen molar-refractivity contribution in [3.8, 4) is 0 Å². The molecule has 3 rings (SSSR count). The van der Waals surface area contributed by atoms with Gasteiger partial charge in [0, 0.05) is 11.8 Å². The van der Waals surface area contributed by atoms with E-state index >= 15 is 0 Å². The van der Waals surface area contributed by atoms with Gasteiger partial charge in [-0.2, -0.15) is 0 Å². The zero-order valence-corrected chi connectivity index (χ0v) is 16.4. The Hall–Kier alpha value is -2.14. The molecule has 2 atom stereocenters. The first-order chi connectivity index (χ1) is 12.4. The van der Waals surface area contributed by atoms with Crippen LogP contribution in [0.25, 0.3) is 0 Å². The van der Waals surface area contributed by atoms with Crippen molar-refractivity contribution in [1.82, 2.24) is 10.6 Å². The summed E-state index contributed by atoms with van der Waals surface area (Å²) in [6.07, 6.45) is 2.22. The molecule has 2 aromatic rings. The molecule has 0 bridgehead atoms. The predicted octanol–water partition coefficient (Wildman–Crippen LogP) is 4.24. The second-order valence-corrected chi connectivity index (χ2v) is 8.58. The molecule has 0 aliphatic heterocycles. The van der Waals surface area contributed by atoms with Crippen LogP contribution < -0.4 is 10.6 Å². The molecule has 0 radical (unpaired) electrons. The molecular weight excluding hydrogens is 344 g/mol. The fourth-order valence-corrected chi connectivity index (χ4v) is 4.54. The van der Waals surface area contributed by atoms with Crippen LogP contribution in [-0.4, -0.2) is 11.8 Å². The summed E-state index contributed by atoms with van der Waals surface area (Å²) in [5.74, 6) is -0.155. The highest BCUT2D eigenvalue weighted by Crippen LogP contribution is 2.41. The van der Waals surface area contributed by atoms with Gasteiger partial charge in [0.25, 0.3) is 0 Å². The summed E-state index contributed by atoms with van der Waals surface area (Å²) in [5.41, 5.74) is 2.66. The molecule has 0 spiro atoms. The number of rotatable bonds is 5. The molecule has 1 heterocycles. The van der Waals surface area contributed by atoms with Gasteiger partial charge in [-0.1, -0.05) is 44.2 Å². The van der Waals surface area contributed by atoms with Gasteiger partial charge in [-0.3, -0.25) is 9.59 Å². The second-order valence-electron chi connectivity index (χ2n) is 7.60. The fourth-order valence-electron chi connectivity index (χ4n) is 3.76. The van der Waals surface area contributed by atoms with Gasteiger partial charge in [-0.15, -0.1) is 11.3 Å².